The summed E-state index contributed by atoms with van der Waals surface area (Å²) >= 11 is 0. The van der Waals surface area contributed by atoms with Crippen LogP contribution in [0.5, 0.6) is 0 Å². The van der Waals surface area contributed by atoms with Crippen molar-refractivity contribution in [1.29, 1.82) is 0 Å². The normalized spacial score (nSPS) is 18.4. The van der Waals surface area contributed by atoms with E-state index in [9.17, 15) is 18.0 Å². The summed E-state index contributed by atoms with van der Waals surface area (Å²) in [5.41, 5.74) is -0.513. The number of anilines is 1. The first-order valence-corrected chi connectivity index (χ1v) is 5.88. The smallest absolute Gasteiger partial charge is 0.322 e. The summed E-state index contributed by atoms with van der Waals surface area (Å²) in [7, 11) is 1.56. The summed E-state index contributed by atoms with van der Waals surface area (Å²) in [4.78, 5) is 12.8. The molecule has 1 aliphatic rings. The zero-order valence-electron chi connectivity index (χ0n) is 10.9. The third-order valence-corrected chi connectivity index (χ3v) is 3.07. The van der Waals surface area contributed by atoms with Crippen molar-refractivity contribution in [3.63, 3.8) is 0 Å². The summed E-state index contributed by atoms with van der Waals surface area (Å²) in [6.45, 7) is 1.61. The summed E-state index contributed by atoms with van der Waals surface area (Å²) in [5, 5.41) is 8.92. The van der Waals surface area contributed by atoms with Gasteiger partial charge in [-0.25, -0.2) is 5.01 Å². The van der Waals surface area contributed by atoms with E-state index in [1.165, 1.54) is 29.0 Å². The van der Waals surface area contributed by atoms with Gasteiger partial charge < -0.3 is 4.90 Å². The highest BCUT2D eigenvalue weighted by Gasteiger charge is 2.33. The van der Waals surface area contributed by atoms with E-state index in [0.717, 1.165) is 12.1 Å². The molecule has 8 heteroatoms. The number of amides is 1. The van der Waals surface area contributed by atoms with Gasteiger partial charge in [0.05, 0.1) is 11.3 Å². The first-order chi connectivity index (χ1) is 9.30. The fourth-order valence-corrected chi connectivity index (χ4v) is 1.86. The summed E-state index contributed by atoms with van der Waals surface area (Å²) in [6.07, 6.45) is -4.93. The largest absolute Gasteiger partial charge is 0.416 e. The Kier molecular flexibility index (Phi) is 3.65. The minimum Gasteiger partial charge on any atom is -0.322 e. The van der Waals surface area contributed by atoms with Crippen molar-refractivity contribution in [3.05, 3.63) is 29.8 Å². The molecule has 5 nitrogen and oxygen atoms in total. The van der Waals surface area contributed by atoms with E-state index in [2.05, 4.69) is 10.3 Å². The van der Waals surface area contributed by atoms with Crippen LogP contribution in [0.3, 0.4) is 0 Å². The number of carbonyl (C=O) groups excluding carboxylic acids is 1. The molecule has 0 aliphatic carbocycles. The molecule has 0 radical (unpaired) electrons. The molecule has 0 spiro atoms. The predicted molar refractivity (Wildman–Crippen MR) is 65.9 cm³/mol. The number of rotatable bonds is 2. The molecule has 0 saturated heterocycles. The maximum atomic E-state index is 12.7. The van der Waals surface area contributed by atoms with Gasteiger partial charge in [0.2, 0.25) is 5.91 Å². The fourth-order valence-electron chi connectivity index (χ4n) is 1.86. The van der Waals surface area contributed by atoms with Gasteiger partial charge in [0.15, 0.2) is 0 Å². The van der Waals surface area contributed by atoms with Gasteiger partial charge in [-0.15, -0.1) is 0 Å². The molecule has 0 bridgehead atoms. The molecule has 1 heterocycles. The average molecular weight is 286 g/mol. The minimum absolute atomic E-state index is 0.209. The van der Waals surface area contributed by atoms with Crippen molar-refractivity contribution in [1.82, 2.24) is 4.90 Å². The standard InChI is InChI=1S/C12H13F3N4O/c1-8(20)18(2)11-7-16-17-19(11)10-5-3-4-9(6-10)12(13,14)15/h3-6,11H,7H2,1-2H3. The second kappa shape index (κ2) is 5.10. The van der Waals surface area contributed by atoms with E-state index in [0.29, 0.717) is 0 Å². The summed E-state index contributed by atoms with van der Waals surface area (Å²) < 4.78 is 38.1. The third-order valence-electron chi connectivity index (χ3n) is 3.07. The molecular weight excluding hydrogens is 273 g/mol. The quantitative estimate of drug-likeness (QED) is 0.839. The molecule has 1 atom stereocenters. The minimum atomic E-state index is -4.42. The van der Waals surface area contributed by atoms with Crippen LogP contribution in [0, 0.1) is 0 Å². The van der Waals surface area contributed by atoms with Crippen LogP contribution in [0.1, 0.15) is 12.5 Å². The Labute approximate surface area is 113 Å². The van der Waals surface area contributed by atoms with Gasteiger partial charge in [0.1, 0.15) is 12.7 Å². The van der Waals surface area contributed by atoms with Crippen LogP contribution in [0.4, 0.5) is 18.9 Å². The Morgan fingerprint density at radius 2 is 2.15 bits per heavy atom. The zero-order chi connectivity index (χ0) is 14.9. The molecule has 1 aliphatic heterocycles. The van der Waals surface area contributed by atoms with Crippen LogP contribution in [-0.2, 0) is 11.0 Å². The monoisotopic (exact) mass is 286 g/mol. The topological polar surface area (TPSA) is 48.3 Å². The van der Waals surface area contributed by atoms with E-state index in [1.807, 2.05) is 0 Å². The molecule has 1 aromatic rings. The Bertz CT molecular complexity index is 544. The molecular formula is C12H13F3N4O. The second-order valence-electron chi connectivity index (χ2n) is 4.42. The molecule has 108 valence electrons. The van der Waals surface area contributed by atoms with Crippen molar-refractivity contribution in [2.75, 3.05) is 18.6 Å². The van der Waals surface area contributed by atoms with Crippen molar-refractivity contribution in [2.45, 2.75) is 19.3 Å². The first kappa shape index (κ1) is 14.3. The Morgan fingerprint density at radius 1 is 1.45 bits per heavy atom. The van der Waals surface area contributed by atoms with Crippen molar-refractivity contribution in [3.8, 4) is 0 Å². The van der Waals surface area contributed by atoms with Gasteiger partial charge in [-0.1, -0.05) is 11.3 Å². The number of hydrogen-bond donors (Lipinski definition) is 0. The third kappa shape index (κ3) is 2.73. The van der Waals surface area contributed by atoms with Gasteiger partial charge in [-0.3, -0.25) is 4.79 Å². The van der Waals surface area contributed by atoms with E-state index < -0.39 is 17.9 Å². The predicted octanol–water partition coefficient (Wildman–Crippen LogP) is 2.70. The number of benzene rings is 1. The lowest BCUT2D eigenvalue weighted by Crippen LogP contribution is -2.45. The van der Waals surface area contributed by atoms with Gasteiger partial charge in [0.25, 0.3) is 0 Å². The lowest BCUT2D eigenvalue weighted by atomic mass is 10.2. The number of likely N-dealkylation sites (N-methyl/N-ethyl adjacent to an activating group) is 1. The summed E-state index contributed by atoms with van der Waals surface area (Å²) in [5.74, 6) is -0.209. The van der Waals surface area contributed by atoms with Gasteiger partial charge in [0, 0.05) is 14.0 Å². The molecule has 0 aromatic heterocycles. The Hall–Kier alpha value is -2.12. The molecule has 1 unspecified atom stereocenters. The molecule has 1 amide bonds. The molecule has 2 rings (SSSR count). The molecule has 0 N–H and O–H groups in total. The molecule has 20 heavy (non-hydrogen) atoms. The van der Waals surface area contributed by atoms with Crippen LogP contribution in [0.2, 0.25) is 0 Å². The van der Waals surface area contributed by atoms with Crippen LogP contribution in [0.15, 0.2) is 34.6 Å². The van der Waals surface area contributed by atoms with E-state index in [-0.39, 0.29) is 18.1 Å². The lowest BCUT2D eigenvalue weighted by molar-refractivity contribution is -0.137. The number of alkyl halides is 3. The molecule has 1 aromatic carbocycles. The van der Waals surface area contributed by atoms with Crippen molar-refractivity contribution >= 4 is 11.6 Å². The van der Waals surface area contributed by atoms with Crippen molar-refractivity contribution < 1.29 is 18.0 Å². The highest BCUT2D eigenvalue weighted by atomic mass is 19.4. The first-order valence-electron chi connectivity index (χ1n) is 5.88. The van der Waals surface area contributed by atoms with E-state index in [1.54, 1.807) is 7.05 Å². The van der Waals surface area contributed by atoms with Gasteiger partial charge >= 0.3 is 6.18 Å². The lowest BCUT2D eigenvalue weighted by Gasteiger charge is -2.29. The maximum Gasteiger partial charge on any atom is 0.416 e. The van der Waals surface area contributed by atoms with Crippen LogP contribution in [0.25, 0.3) is 0 Å². The van der Waals surface area contributed by atoms with E-state index >= 15 is 0 Å². The number of carbonyl (C=O) groups is 1. The number of hydrogen-bond acceptors (Lipinski definition) is 4. The zero-order valence-corrected chi connectivity index (χ0v) is 10.9. The molecule has 0 saturated carbocycles. The Balaban J connectivity index is 2.31. The number of nitrogens with zero attached hydrogens (tertiary/aromatic N) is 4. The fraction of sp³-hybridized carbons (Fsp3) is 0.417. The van der Waals surface area contributed by atoms with Gasteiger partial charge in [-0.2, -0.15) is 18.3 Å². The average Bonchev–Trinajstić information content (AvgIpc) is 2.86. The van der Waals surface area contributed by atoms with Crippen LogP contribution >= 0.6 is 0 Å². The SMILES string of the molecule is CC(=O)N(C)C1CN=NN1c1cccc(C(F)(F)F)c1. The Morgan fingerprint density at radius 3 is 2.75 bits per heavy atom. The van der Waals surface area contributed by atoms with Gasteiger partial charge in [-0.05, 0) is 18.2 Å². The number of halogens is 3. The highest BCUT2D eigenvalue weighted by molar-refractivity contribution is 5.74. The maximum absolute atomic E-state index is 12.7. The van der Waals surface area contributed by atoms with Crippen LogP contribution in [-0.4, -0.2) is 30.6 Å². The molecule has 0 fully saturated rings. The summed E-state index contributed by atoms with van der Waals surface area (Å²) in [6, 6.07) is 4.78. The second-order valence-corrected chi connectivity index (χ2v) is 4.42. The van der Waals surface area contributed by atoms with E-state index in [4.69, 9.17) is 0 Å². The highest BCUT2D eigenvalue weighted by Crippen LogP contribution is 2.33. The van der Waals surface area contributed by atoms with Crippen LogP contribution < -0.4 is 5.01 Å². The van der Waals surface area contributed by atoms with Crippen molar-refractivity contribution in [2.24, 2.45) is 10.3 Å².